The molecule has 0 saturated heterocycles. The fourth-order valence-corrected chi connectivity index (χ4v) is 0.869. The summed E-state index contributed by atoms with van der Waals surface area (Å²) in [6.07, 6.45) is 0. The summed E-state index contributed by atoms with van der Waals surface area (Å²) in [5, 5.41) is 3.58. The maximum Gasteiger partial charge on any atom is 0.136 e. The molecule has 0 amide bonds. The second-order valence-corrected chi connectivity index (χ2v) is 3.16. The molecular formula is C6H14N2OS. The van der Waals surface area contributed by atoms with Crippen LogP contribution in [0.1, 0.15) is 13.8 Å². The molecule has 0 spiro atoms. The molecular weight excluding hydrogens is 148 g/mol. The van der Waals surface area contributed by atoms with E-state index < -0.39 is 0 Å². The zero-order chi connectivity index (χ0) is 7.82. The number of nitrogens with two attached hydrogens (primary N) is 1. The molecule has 4 heteroatoms. The molecule has 0 fully saturated rings. The van der Waals surface area contributed by atoms with Gasteiger partial charge in [0.2, 0.25) is 0 Å². The van der Waals surface area contributed by atoms with E-state index in [0.717, 1.165) is 11.5 Å². The Morgan fingerprint density at radius 3 is 2.90 bits per heavy atom. The summed E-state index contributed by atoms with van der Waals surface area (Å²) in [6, 6.07) is 0. The van der Waals surface area contributed by atoms with Crippen molar-refractivity contribution in [2.75, 3.05) is 18.1 Å². The van der Waals surface area contributed by atoms with Crippen molar-refractivity contribution >= 4 is 17.6 Å². The van der Waals surface area contributed by atoms with E-state index in [4.69, 9.17) is 10.6 Å². The molecule has 0 rings (SSSR count). The molecule has 0 aromatic carbocycles. The number of hydrogen-bond acceptors (Lipinski definition) is 3. The van der Waals surface area contributed by atoms with Crippen molar-refractivity contribution in [3.63, 3.8) is 0 Å². The molecule has 2 N–H and O–H groups in total. The molecule has 0 aromatic rings. The van der Waals surface area contributed by atoms with Crippen molar-refractivity contribution in [2.24, 2.45) is 10.9 Å². The molecule has 0 saturated carbocycles. The number of hydrogen-bond donors (Lipinski definition) is 1. The average molecular weight is 162 g/mol. The molecule has 0 aliphatic carbocycles. The molecule has 3 nitrogen and oxygen atoms in total. The lowest BCUT2D eigenvalue weighted by Crippen LogP contribution is -2.06. The van der Waals surface area contributed by atoms with E-state index in [1.807, 2.05) is 11.8 Å². The van der Waals surface area contributed by atoms with Crippen molar-refractivity contribution in [2.45, 2.75) is 13.8 Å². The van der Waals surface area contributed by atoms with Crippen molar-refractivity contribution in [3.8, 4) is 0 Å². The van der Waals surface area contributed by atoms with Gasteiger partial charge in [-0.25, -0.2) is 0 Å². The van der Waals surface area contributed by atoms with E-state index in [2.05, 4.69) is 12.1 Å². The van der Waals surface area contributed by atoms with Gasteiger partial charge in [-0.2, -0.15) is 11.8 Å². The minimum absolute atomic E-state index is 0.474. The molecule has 60 valence electrons. The predicted molar refractivity (Wildman–Crippen MR) is 46.2 cm³/mol. The summed E-state index contributed by atoms with van der Waals surface area (Å²) in [5.41, 5.74) is 5.23. The van der Waals surface area contributed by atoms with Gasteiger partial charge in [0.05, 0.1) is 0 Å². The molecule has 0 unspecified atom stereocenters. The van der Waals surface area contributed by atoms with Crippen LogP contribution in [-0.4, -0.2) is 23.9 Å². The lowest BCUT2D eigenvalue weighted by molar-refractivity contribution is 0.161. The van der Waals surface area contributed by atoms with Crippen LogP contribution < -0.4 is 5.73 Å². The summed E-state index contributed by atoms with van der Waals surface area (Å²) in [4.78, 5) is 4.84. The third kappa shape index (κ3) is 7.62. The molecule has 0 aromatic heterocycles. The van der Waals surface area contributed by atoms with Gasteiger partial charge in [0, 0.05) is 5.75 Å². The van der Waals surface area contributed by atoms with Crippen molar-refractivity contribution in [1.29, 1.82) is 0 Å². The molecule has 0 heterocycles. The Morgan fingerprint density at radius 2 is 2.40 bits per heavy atom. The zero-order valence-electron chi connectivity index (χ0n) is 6.46. The monoisotopic (exact) mass is 162 g/mol. The number of rotatable bonds is 5. The molecule has 0 atom stereocenters. The summed E-state index contributed by atoms with van der Waals surface area (Å²) >= 11 is 1.82. The van der Waals surface area contributed by atoms with Crippen LogP contribution in [0.15, 0.2) is 5.16 Å². The number of nitrogens with zero attached hydrogens (tertiary/aromatic N) is 1. The first-order valence-electron chi connectivity index (χ1n) is 3.27. The Labute approximate surface area is 66.0 Å². The van der Waals surface area contributed by atoms with E-state index in [-0.39, 0.29) is 0 Å². The number of amidine groups is 1. The third-order valence-electron chi connectivity index (χ3n) is 0.732. The maximum atomic E-state index is 5.23. The highest BCUT2D eigenvalue weighted by molar-refractivity contribution is 7.99. The zero-order valence-corrected chi connectivity index (χ0v) is 7.28. The van der Waals surface area contributed by atoms with Crippen LogP contribution in [0.4, 0.5) is 0 Å². The minimum atomic E-state index is 0.474. The summed E-state index contributed by atoms with van der Waals surface area (Å²) in [5.74, 6) is 2.57. The van der Waals surface area contributed by atoms with Gasteiger partial charge < -0.3 is 10.6 Å². The molecule has 10 heavy (non-hydrogen) atoms. The van der Waals surface area contributed by atoms with Gasteiger partial charge in [-0.3, -0.25) is 0 Å². The summed E-state index contributed by atoms with van der Waals surface area (Å²) < 4.78 is 0. The lowest BCUT2D eigenvalue weighted by Gasteiger charge is -1.97. The Balaban J connectivity index is 2.98. The van der Waals surface area contributed by atoms with Gasteiger partial charge in [0.1, 0.15) is 12.4 Å². The Bertz CT molecular complexity index is 102. The fourth-order valence-electron chi connectivity index (χ4n) is 0.388. The summed E-state index contributed by atoms with van der Waals surface area (Å²) in [6.45, 7) is 4.46. The van der Waals surface area contributed by atoms with E-state index in [1.165, 1.54) is 0 Å². The first-order chi connectivity index (χ1) is 4.77. The SMILES string of the molecule is CCSCCO/N=C(/C)N. The minimum Gasteiger partial charge on any atom is -0.394 e. The lowest BCUT2D eigenvalue weighted by atomic mass is 10.7. The van der Waals surface area contributed by atoms with Crippen LogP contribution in [0.5, 0.6) is 0 Å². The van der Waals surface area contributed by atoms with Gasteiger partial charge in [-0.05, 0) is 12.7 Å². The first kappa shape index (κ1) is 9.62. The second-order valence-electron chi connectivity index (χ2n) is 1.76. The average Bonchev–Trinajstić information content (AvgIpc) is 1.87. The highest BCUT2D eigenvalue weighted by atomic mass is 32.2. The highest BCUT2D eigenvalue weighted by Gasteiger charge is 1.84. The van der Waals surface area contributed by atoms with Gasteiger partial charge in [0.15, 0.2) is 0 Å². The second kappa shape index (κ2) is 6.74. The smallest absolute Gasteiger partial charge is 0.136 e. The van der Waals surface area contributed by atoms with Gasteiger partial charge in [0.25, 0.3) is 0 Å². The maximum absolute atomic E-state index is 5.23. The van der Waals surface area contributed by atoms with Crippen LogP contribution in [0.3, 0.4) is 0 Å². The van der Waals surface area contributed by atoms with Crippen molar-refractivity contribution in [3.05, 3.63) is 0 Å². The standard InChI is InChI=1S/C6H14N2OS/c1-3-10-5-4-9-8-6(2)7/h3-5H2,1-2H3,(H2,7,8). The predicted octanol–water partition coefficient (Wildman–Crippen LogP) is 1.05. The normalized spacial score (nSPS) is 11.6. The largest absolute Gasteiger partial charge is 0.394 e. The van der Waals surface area contributed by atoms with E-state index in [9.17, 15) is 0 Å². The number of thioether (sulfide) groups is 1. The van der Waals surface area contributed by atoms with Crippen LogP contribution in [0, 0.1) is 0 Å². The Hall–Kier alpha value is -0.380. The van der Waals surface area contributed by atoms with E-state index in [0.29, 0.717) is 12.4 Å². The van der Waals surface area contributed by atoms with Crippen LogP contribution in [0.25, 0.3) is 0 Å². The topological polar surface area (TPSA) is 47.6 Å². The quantitative estimate of drug-likeness (QED) is 0.284. The molecule has 0 radical (unpaired) electrons. The highest BCUT2D eigenvalue weighted by Crippen LogP contribution is 1.96. The summed E-state index contributed by atoms with van der Waals surface area (Å²) in [7, 11) is 0. The molecule has 0 aliphatic rings. The van der Waals surface area contributed by atoms with Gasteiger partial charge in [-0.15, -0.1) is 0 Å². The Morgan fingerprint density at radius 1 is 1.70 bits per heavy atom. The third-order valence-corrected chi connectivity index (χ3v) is 1.60. The molecule has 0 bridgehead atoms. The van der Waals surface area contributed by atoms with Crippen LogP contribution in [0.2, 0.25) is 0 Å². The Kier molecular flexibility index (Phi) is 6.48. The van der Waals surface area contributed by atoms with Crippen molar-refractivity contribution in [1.82, 2.24) is 0 Å². The van der Waals surface area contributed by atoms with E-state index >= 15 is 0 Å². The van der Waals surface area contributed by atoms with Gasteiger partial charge >= 0.3 is 0 Å². The van der Waals surface area contributed by atoms with Crippen LogP contribution >= 0.6 is 11.8 Å². The van der Waals surface area contributed by atoms with Crippen LogP contribution in [-0.2, 0) is 4.84 Å². The fraction of sp³-hybridized carbons (Fsp3) is 0.833. The molecule has 0 aliphatic heterocycles. The van der Waals surface area contributed by atoms with E-state index in [1.54, 1.807) is 6.92 Å². The van der Waals surface area contributed by atoms with Crippen molar-refractivity contribution < 1.29 is 4.84 Å². The first-order valence-corrected chi connectivity index (χ1v) is 4.42. The number of oxime groups is 1. The van der Waals surface area contributed by atoms with Gasteiger partial charge in [-0.1, -0.05) is 12.1 Å².